The van der Waals surface area contributed by atoms with Crippen LogP contribution in [0.3, 0.4) is 0 Å². The second-order valence-electron chi connectivity index (χ2n) is 11.8. The first-order chi connectivity index (χ1) is 16.8. The summed E-state index contributed by atoms with van der Waals surface area (Å²) in [4.78, 5) is 33.9. The first kappa shape index (κ1) is 24.2. The highest BCUT2D eigenvalue weighted by Gasteiger charge is 2.59. The van der Waals surface area contributed by atoms with Gasteiger partial charge in [-0.1, -0.05) is 24.6 Å². The van der Waals surface area contributed by atoms with Gasteiger partial charge in [-0.05, 0) is 111 Å². The molecule has 1 aromatic heterocycles. The van der Waals surface area contributed by atoms with Gasteiger partial charge in [0.05, 0.1) is 5.71 Å². The van der Waals surface area contributed by atoms with Crippen LogP contribution in [0, 0.1) is 34.5 Å². The van der Waals surface area contributed by atoms with E-state index in [0.717, 1.165) is 42.9 Å². The normalized spacial score (nSPS) is 37.0. The van der Waals surface area contributed by atoms with Crippen molar-refractivity contribution in [2.45, 2.75) is 78.7 Å². The fourth-order valence-corrected chi connectivity index (χ4v) is 8.24. The van der Waals surface area contributed by atoms with Crippen LogP contribution in [0.5, 0.6) is 0 Å². The van der Waals surface area contributed by atoms with Gasteiger partial charge in [-0.3, -0.25) is 14.6 Å². The molecule has 0 unspecified atom stereocenters. The van der Waals surface area contributed by atoms with Crippen molar-refractivity contribution in [2.75, 3.05) is 6.61 Å². The van der Waals surface area contributed by atoms with E-state index in [0.29, 0.717) is 24.2 Å². The summed E-state index contributed by atoms with van der Waals surface area (Å²) in [5.41, 5.74) is 3.90. The highest BCUT2D eigenvalue weighted by Crippen LogP contribution is 2.66. The molecule has 0 saturated heterocycles. The molecule has 188 valence electrons. The van der Waals surface area contributed by atoms with Gasteiger partial charge in [0.15, 0.2) is 6.61 Å². The second-order valence-corrected chi connectivity index (χ2v) is 11.8. The Morgan fingerprint density at radius 2 is 1.89 bits per heavy atom. The Hall–Kier alpha value is -2.50. The third-order valence-electron chi connectivity index (χ3n) is 10.1. The number of rotatable bonds is 6. The maximum Gasteiger partial charge on any atom is 0.261 e. The number of nitrogens with zero attached hydrogens (tertiary/aromatic N) is 2. The zero-order chi connectivity index (χ0) is 24.6. The zero-order valence-electron chi connectivity index (χ0n) is 21.4. The standard InChI is InChI=1S/C29H39N3O3/c1-19(33)24-6-7-25-23-5-4-21-16-22(8-12-28(21,2)26(23)9-13-29(24,25)3)32-35-18-27(34)31-17-20-10-14-30-15-11-20/h10-11,14-16,23-26H,4-9,12-13,17-18H2,1-3H3,(H,31,34)/b32-22+/t23-,24+,25-,26-,28-,29+/m0/s1. The average Bonchev–Trinajstić information content (AvgIpc) is 3.21. The Labute approximate surface area is 209 Å². The van der Waals surface area contributed by atoms with E-state index in [2.05, 4.69) is 35.4 Å². The molecule has 6 heteroatoms. The van der Waals surface area contributed by atoms with Gasteiger partial charge in [0, 0.05) is 24.9 Å². The molecule has 6 atom stereocenters. The number of amides is 1. The largest absolute Gasteiger partial charge is 0.385 e. The summed E-state index contributed by atoms with van der Waals surface area (Å²) >= 11 is 0. The number of oxime groups is 1. The minimum atomic E-state index is -0.175. The molecule has 5 rings (SSSR count). The van der Waals surface area contributed by atoms with Gasteiger partial charge in [0.1, 0.15) is 5.78 Å². The number of carbonyl (C=O) groups is 2. The Kier molecular flexibility index (Phi) is 6.58. The van der Waals surface area contributed by atoms with Crippen molar-refractivity contribution >= 4 is 17.4 Å². The molecule has 1 aromatic rings. The summed E-state index contributed by atoms with van der Waals surface area (Å²) in [5, 5.41) is 7.18. The minimum absolute atomic E-state index is 0.0721. The van der Waals surface area contributed by atoms with E-state index in [-0.39, 0.29) is 29.3 Å². The zero-order valence-corrected chi connectivity index (χ0v) is 21.4. The third kappa shape index (κ3) is 4.45. The number of Topliss-reactive ketones (excluding diaryl/α,β-unsaturated/α-hetero) is 1. The number of hydrogen-bond acceptors (Lipinski definition) is 5. The van der Waals surface area contributed by atoms with Crippen LogP contribution in [0.15, 0.2) is 41.3 Å². The van der Waals surface area contributed by atoms with Crippen molar-refractivity contribution in [1.29, 1.82) is 0 Å². The minimum Gasteiger partial charge on any atom is -0.385 e. The highest BCUT2D eigenvalue weighted by atomic mass is 16.6. The van der Waals surface area contributed by atoms with Crippen molar-refractivity contribution in [3.63, 3.8) is 0 Å². The molecular formula is C29H39N3O3. The Morgan fingerprint density at radius 1 is 1.09 bits per heavy atom. The summed E-state index contributed by atoms with van der Waals surface area (Å²) < 4.78 is 0. The van der Waals surface area contributed by atoms with Gasteiger partial charge in [0.25, 0.3) is 5.91 Å². The molecule has 3 saturated carbocycles. The van der Waals surface area contributed by atoms with Crippen LogP contribution in [0.1, 0.15) is 77.7 Å². The molecule has 3 fully saturated rings. The van der Waals surface area contributed by atoms with Crippen LogP contribution in [-0.4, -0.2) is 29.0 Å². The lowest BCUT2D eigenvalue weighted by Crippen LogP contribution is -2.51. The van der Waals surface area contributed by atoms with Crippen LogP contribution in [0.25, 0.3) is 0 Å². The van der Waals surface area contributed by atoms with Crippen molar-refractivity contribution in [3.05, 3.63) is 41.7 Å². The van der Waals surface area contributed by atoms with Gasteiger partial charge in [-0.2, -0.15) is 0 Å². The monoisotopic (exact) mass is 477 g/mol. The summed E-state index contributed by atoms with van der Waals surface area (Å²) in [7, 11) is 0. The summed E-state index contributed by atoms with van der Waals surface area (Å²) in [6.45, 7) is 7.08. The van der Waals surface area contributed by atoms with E-state index in [1.54, 1.807) is 12.4 Å². The predicted octanol–water partition coefficient (Wildman–Crippen LogP) is 5.24. The van der Waals surface area contributed by atoms with Gasteiger partial charge in [-0.15, -0.1) is 0 Å². The first-order valence-corrected chi connectivity index (χ1v) is 13.4. The SMILES string of the molecule is CC(=O)[C@H]1CC[C@H]2[C@@H]3CCC4=C/C(=N/OCC(=O)NCc5ccncc5)CC[C@]4(C)[C@H]3CC[C@]12C. The Morgan fingerprint density at radius 3 is 2.66 bits per heavy atom. The topological polar surface area (TPSA) is 80.6 Å². The Bertz CT molecular complexity index is 1030. The molecule has 0 spiro atoms. The average molecular weight is 478 g/mol. The smallest absolute Gasteiger partial charge is 0.261 e. The van der Waals surface area contributed by atoms with E-state index in [1.165, 1.54) is 31.3 Å². The van der Waals surface area contributed by atoms with E-state index in [1.807, 2.05) is 19.1 Å². The molecule has 1 heterocycles. The van der Waals surface area contributed by atoms with E-state index >= 15 is 0 Å². The van der Waals surface area contributed by atoms with Gasteiger partial charge in [-0.25, -0.2) is 0 Å². The third-order valence-corrected chi connectivity index (χ3v) is 10.1. The lowest BCUT2D eigenvalue weighted by Gasteiger charge is -2.58. The van der Waals surface area contributed by atoms with Crippen molar-refractivity contribution in [2.24, 2.45) is 39.7 Å². The quantitative estimate of drug-likeness (QED) is 0.568. The van der Waals surface area contributed by atoms with Crippen LogP contribution in [0.2, 0.25) is 0 Å². The first-order valence-electron chi connectivity index (χ1n) is 13.4. The molecule has 6 nitrogen and oxygen atoms in total. The molecule has 0 aromatic carbocycles. The molecule has 35 heavy (non-hydrogen) atoms. The van der Waals surface area contributed by atoms with Crippen molar-refractivity contribution in [3.8, 4) is 0 Å². The predicted molar refractivity (Wildman–Crippen MR) is 135 cm³/mol. The number of fused-ring (bicyclic) bond motifs is 5. The van der Waals surface area contributed by atoms with Crippen molar-refractivity contribution in [1.82, 2.24) is 10.3 Å². The van der Waals surface area contributed by atoms with Gasteiger partial charge >= 0.3 is 0 Å². The van der Waals surface area contributed by atoms with Crippen LogP contribution < -0.4 is 5.32 Å². The maximum absolute atomic E-state index is 12.4. The fraction of sp³-hybridized carbons (Fsp3) is 0.655. The van der Waals surface area contributed by atoms with E-state index in [4.69, 9.17) is 4.84 Å². The molecule has 4 aliphatic carbocycles. The molecule has 1 amide bonds. The molecule has 0 bridgehead atoms. The van der Waals surface area contributed by atoms with Crippen LogP contribution in [0.4, 0.5) is 0 Å². The number of pyridine rings is 1. The molecule has 1 N–H and O–H groups in total. The molecule has 4 aliphatic rings. The molecular weight excluding hydrogens is 438 g/mol. The number of allylic oxidation sites excluding steroid dienone is 2. The molecule has 0 radical (unpaired) electrons. The lowest BCUT2D eigenvalue weighted by molar-refractivity contribution is -0.128. The highest BCUT2D eigenvalue weighted by molar-refractivity contribution is 5.96. The number of carbonyl (C=O) groups excluding carboxylic acids is 2. The Balaban J connectivity index is 1.20. The fourth-order valence-electron chi connectivity index (χ4n) is 8.24. The lowest BCUT2D eigenvalue weighted by atomic mass is 9.46. The maximum atomic E-state index is 12.4. The second kappa shape index (κ2) is 9.51. The number of hydrogen-bond donors (Lipinski definition) is 1. The molecule has 0 aliphatic heterocycles. The summed E-state index contributed by atoms with van der Waals surface area (Å²) in [6.07, 6.45) is 14.7. The van der Waals surface area contributed by atoms with Crippen molar-refractivity contribution < 1.29 is 14.4 Å². The van der Waals surface area contributed by atoms with Gasteiger partial charge < -0.3 is 10.2 Å². The van der Waals surface area contributed by atoms with Crippen LogP contribution >= 0.6 is 0 Å². The van der Waals surface area contributed by atoms with Gasteiger partial charge in [0.2, 0.25) is 0 Å². The van der Waals surface area contributed by atoms with E-state index in [9.17, 15) is 9.59 Å². The summed E-state index contributed by atoms with van der Waals surface area (Å²) in [5.74, 6) is 2.62. The number of aromatic nitrogens is 1. The van der Waals surface area contributed by atoms with E-state index < -0.39 is 0 Å². The summed E-state index contributed by atoms with van der Waals surface area (Å²) in [6, 6.07) is 3.75. The van der Waals surface area contributed by atoms with Crippen LogP contribution in [-0.2, 0) is 21.0 Å². The number of nitrogens with one attached hydrogen (secondary N) is 1. The number of ketones is 1.